The van der Waals surface area contributed by atoms with Gasteiger partial charge in [-0.15, -0.1) is 0 Å². The average molecular weight is 468 g/mol. The molecule has 1 aromatic heterocycles. The summed E-state index contributed by atoms with van der Waals surface area (Å²) in [5.74, 6) is -0.463. The Kier molecular flexibility index (Phi) is 8.38. The number of rotatable bonds is 6. The maximum atomic E-state index is 12.7. The second-order valence-corrected chi connectivity index (χ2v) is 7.13. The van der Waals surface area contributed by atoms with Crippen molar-refractivity contribution >= 4 is 18.1 Å². The maximum absolute atomic E-state index is 12.7. The second-order valence-electron chi connectivity index (χ2n) is 7.13. The molecule has 1 amide bonds. The highest BCUT2D eigenvalue weighted by atomic mass is 19.4. The van der Waals surface area contributed by atoms with Crippen LogP contribution >= 0.6 is 0 Å². The van der Waals surface area contributed by atoms with Crippen LogP contribution in [-0.2, 0) is 17.4 Å². The predicted molar refractivity (Wildman–Crippen MR) is 102 cm³/mol. The number of aromatic nitrogens is 2. The van der Waals surface area contributed by atoms with E-state index in [1.54, 1.807) is 4.90 Å². The average Bonchev–Trinajstić information content (AvgIpc) is 2.70. The third kappa shape index (κ3) is 7.96. The molecule has 1 fully saturated rings. The Bertz CT molecular complexity index is 887. The van der Waals surface area contributed by atoms with Gasteiger partial charge >= 0.3 is 12.4 Å². The monoisotopic (exact) mass is 468 g/mol. The maximum Gasteiger partial charge on any atom is 0.421 e. The fourth-order valence-corrected chi connectivity index (χ4v) is 3.01. The number of unbranched alkanes of at least 4 members (excludes halogenated alkanes) is 1. The van der Waals surface area contributed by atoms with E-state index < -0.39 is 29.9 Å². The van der Waals surface area contributed by atoms with Crippen LogP contribution in [-0.4, -0.2) is 70.4 Å². The smallest absolute Gasteiger partial charge is 0.339 e. The standard InChI is InChI=1S/C18H22F6N6O2/c19-17(20,21)5-6-26-16(25)30-9-7-29(8-10-30)14(31)4-2-1-3-12-11-13(18(22,23)24)15(32)28-27-12/h6,11,25H,1-5,7-10H2,(H,28,32). The van der Waals surface area contributed by atoms with Crippen molar-refractivity contribution in [2.45, 2.75) is 44.5 Å². The van der Waals surface area contributed by atoms with Gasteiger partial charge in [0.25, 0.3) is 5.56 Å². The molecule has 0 radical (unpaired) electrons. The number of halogens is 6. The van der Waals surface area contributed by atoms with Gasteiger partial charge in [-0.25, -0.2) is 10.1 Å². The van der Waals surface area contributed by atoms with Gasteiger partial charge in [-0.3, -0.25) is 15.0 Å². The summed E-state index contributed by atoms with van der Waals surface area (Å²) in [6.45, 7) is 1.09. The number of aryl methyl sites for hydroxylation is 1. The molecule has 2 heterocycles. The lowest BCUT2D eigenvalue weighted by atomic mass is 10.1. The van der Waals surface area contributed by atoms with Gasteiger partial charge in [0, 0.05) is 38.8 Å². The summed E-state index contributed by atoms with van der Waals surface area (Å²) in [7, 11) is 0. The summed E-state index contributed by atoms with van der Waals surface area (Å²) in [5.41, 5.74) is -2.55. The van der Waals surface area contributed by atoms with Crippen molar-refractivity contribution in [2.24, 2.45) is 4.99 Å². The van der Waals surface area contributed by atoms with Crippen LogP contribution < -0.4 is 5.56 Å². The van der Waals surface area contributed by atoms with Gasteiger partial charge in [0.1, 0.15) is 5.56 Å². The summed E-state index contributed by atoms with van der Waals surface area (Å²) in [6, 6.07) is 0.700. The number of guanidine groups is 1. The third-order valence-electron chi connectivity index (χ3n) is 4.70. The minimum Gasteiger partial charge on any atom is -0.339 e. The highest BCUT2D eigenvalue weighted by Crippen LogP contribution is 2.26. The van der Waals surface area contributed by atoms with Crippen LogP contribution in [0.15, 0.2) is 15.9 Å². The Morgan fingerprint density at radius 3 is 2.34 bits per heavy atom. The number of nitrogens with one attached hydrogen (secondary N) is 2. The van der Waals surface area contributed by atoms with Crippen molar-refractivity contribution in [3.63, 3.8) is 0 Å². The number of aromatic amines is 1. The number of hydrogen-bond acceptors (Lipinski definition) is 4. The van der Waals surface area contributed by atoms with Gasteiger partial charge in [-0.1, -0.05) is 0 Å². The minimum atomic E-state index is -4.77. The zero-order valence-electron chi connectivity index (χ0n) is 16.9. The predicted octanol–water partition coefficient (Wildman–Crippen LogP) is 2.60. The molecule has 1 aliphatic heterocycles. The second kappa shape index (κ2) is 10.6. The summed E-state index contributed by atoms with van der Waals surface area (Å²) < 4.78 is 74.6. The van der Waals surface area contributed by atoms with Crippen molar-refractivity contribution in [2.75, 3.05) is 26.2 Å². The van der Waals surface area contributed by atoms with Crippen molar-refractivity contribution in [1.82, 2.24) is 20.0 Å². The van der Waals surface area contributed by atoms with Crippen LogP contribution in [0.25, 0.3) is 0 Å². The van der Waals surface area contributed by atoms with Crippen molar-refractivity contribution in [1.29, 1.82) is 5.41 Å². The zero-order valence-corrected chi connectivity index (χ0v) is 16.9. The minimum absolute atomic E-state index is 0.0718. The first kappa shape index (κ1) is 25.3. The highest BCUT2D eigenvalue weighted by molar-refractivity contribution is 5.85. The lowest BCUT2D eigenvalue weighted by Crippen LogP contribution is -2.50. The Morgan fingerprint density at radius 1 is 1.12 bits per heavy atom. The van der Waals surface area contributed by atoms with E-state index in [1.807, 2.05) is 5.10 Å². The van der Waals surface area contributed by atoms with Crippen LogP contribution in [0.4, 0.5) is 26.3 Å². The van der Waals surface area contributed by atoms with E-state index in [0.29, 0.717) is 25.1 Å². The lowest BCUT2D eigenvalue weighted by molar-refractivity contribution is -0.139. The first-order valence-electron chi connectivity index (χ1n) is 9.73. The molecule has 1 aromatic rings. The number of H-pyrrole nitrogens is 1. The topological polar surface area (TPSA) is 106 Å². The van der Waals surface area contributed by atoms with Crippen LogP contribution in [0.3, 0.4) is 0 Å². The molecule has 1 aliphatic rings. The van der Waals surface area contributed by atoms with Crippen LogP contribution in [0.1, 0.15) is 36.9 Å². The molecule has 0 saturated carbocycles. The van der Waals surface area contributed by atoms with Gasteiger partial charge in [0.05, 0.1) is 12.1 Å². The molecule has 0 atom stereocenters. The molecule has 14 heteroatoms. The van der Waals surface area contributed by atoms with Gasteiger partial charge in [0.2, 0.25) is 11.9 Å². The van der Waals surface area contributed by atoms with E-state index in [9.17, 15) is 35.9 Å². The molecule has 0 bridgehead atoms. The molecule has 0 spiro atoms. The quantitative estimate of drug-likeness (QED) is 0.290. The number of alkyl halides is 6. The fraction of sp³-hybridized carbons (Fsp3) is 0.611. The summed E-state index contributed by atoms with van der Waals surface area (Å²) in [6.07, 6.45) is -8.63. The Balaban J connectivity index is 1.72. The van der Waals surface area contributed by atoms with Crippen LogP contribution in [0.5, 0.6) is 0 Å². The van der Waals surface area contributed by atoms with E-state index >= 15 is 0 Å². The summed E-state index contributed by atoms with van der Waals surface area (Å²) in [4.78, 5) is 30.0. The molecule has 8 nitrogen and oxygen atoms in total. The fourth-order valence-electron chi connectivity index (χ4n) is 3.01. The number of carbonyl (C=O) groups excluding carboxylic acids is 1. The molecular formula is C18H22F6N6O2. The SMILES string of the molecule is N=C(N=CCC(F)(F)F)N1CCN(C(=O)CCCCc2cc(C(F)(F)F)c(=O)[nH]n2)CC1. The summed E-state index contributed by atoms with van der Waals surface area (Å²) in [5, 5.41) is 13.1. The Hall–Kier alpha value is -2.93. The first-order valence-corrected chi connectivity index (χ1v) is 9.73. The van der Waals surface area contributed by atoms with Gasteiger partial charge in [0.15, 0.2) is 0 Å². The third-order valence-corrected chi connectivity index (χ3v) is 4.70. The normalized spacial score (nSPS) is 15.4. The molecule has 32 heavy (non-hydrogen) atoms. The van der Waals surface area contributed by atoms with Gasteiger partial charge in [-0.2, -0.15) is 31.4 Å². The summed E-state index contributed by atoms with van der Waals surface area (Å²) >= 11 is 0. The molecule has 0 unspecified atom stereocenters. The van der Waals surface area contributed by atoms with E-state index in [0.717, 1.165) is 0 Å². The molecule has 178 valence electrons. The van der Waals surface area contributed by atoms with Crippen LogP contribution in [0.2, 0.25) is 0 Å². The number of amides is 1. The van der Waals surface area contributed by atoms with Crippen LogP contribution in [0, 0.1) is 5.41 Å². The molecule has 2 N–H and O–H groups in total. The Labute approximate surface area is 178 Å². The number of aliphatic imine (C=N–C) groups is 1. The number of hydrogen-bond donors (Lipinski definition) is 2. The largest absolute Gasteiger partial charge is 0.421 e. The van der Waals surface area contributed by atoms with E-state index in [4.69, 9.17) is 5.41 Å². The zero-order chi connectivity index (χ0) is 23.9. The van der Waals surface area contributed by atoms with Crippen molar-refractivity contribution < 1.29 is 31.1 Å². The molecule has 0 aliphatic carbocycles. The number of carbonyl (C=O) groups is 1. The molecule has 1 saturated heterocycles. The van der Waals surface area contributed by atoms with Gasteiger partial charge < -0.3 is 9.80 Å². The number of piperazine rings is 1. The highest BCUT2D eigenvalue weighted by Gasteiger charge is 2.34. The molecule has 0 aromatic carbocycles. The molecule has 2 rings (SSSR count). The molecular weight excluding hydrogens is 446 g/mol. The Morgan fingerprint density at radius 2 is 1.75 bits per heavy atom. The number of nitrogens with zero attached hydrogens (tertiary/aromatic N) is 4. The van der Waals surface area contributed by atoms with E-state index in [1.165, 1.54) is 4.90 Å². The van der Waals surface area contributed by atoms with Crippen molar-refractivity contribution in [3.8, 4) is 0 Å². The van der Waals surface area contributed by atoms with Crippen molar-refractivity contribution in [3.05, 3.63) is 27.7 Å². The van der Waals surface area contributed by atoms with Gasteiger partial charge in [-0.05, 0) is 25.3 Å². The first-order chi connectivity index (χ1) is 14.9. The lowest BCUT2D eigenvalue weighted by Gasteiger charge is -2.35. The van der Waals surface area contributed by atoms with E-state index in [2.05, 4.69) is 10.1 Å². The van der Waals surface area contributed by atoms with E-state index in [-0.39, 0.29) is 56.6 Å².